The predicted octanol–water partition coefficient (Wildman–Crippen LogP) is 7.36. The van der Waals surface area contributed by atoms with Crippen LogP contribution in [0.3, 0.4) is 0 Å². The summed E-state index contributed by atoms with van der Waals surface area (Å²) in [6.45, 7) is 2.81. The fraction of sp³-hybridized carbons (Fsp3) is 0.125. The maximum atomic E-state index is 12.8. The normalized spacial score (nSPS) is 10.9. The Balaban J connectivity index is 1.37. The van der Waals surface area contributed by atoms with Gasteiger partial charge in [0.15, 0.2) is 11.5 Å². The molecular weight excluding hydrogens is 512 g/mol. The van der Waals surface area contributed by atoms with Crippen molar-refractivity contribution in [2.75, 3.05) is 12.4 Å². The molecule has 0 bridgehead atoms. The Morgan fingerprint density at radius 2 is 1.64 bits per heavy atom. The number of nitrogens with zero attached hydrogens (tertiary/aromatic N) is 1. The number of amides is 1. The molecule has 0 atom stereocenters. The molecule has 0 spiro atoms. The summed E-state index contributed by atoms with van der Waals surface area (Å²) in [5, 5.41) is 13.0. The number of nitriles is 1. The second-order valence-corrected chi connectivity index (χ2v) is 9.19. The van der Waals surface area contributed by atoms with Gasteiger partial charge in [0.05, 0.1) is 7.11 Å². The number of hydrogen-bond acceptors (Lipinski definition) is 5. The molecule has 0 saturated carbocycles. The van der Waals surface area contributed by atoms with Gasteiger partial charge >= 0.3 is 0 Å². The molecule has 4 rings (SSSR count). The molecule has 7 heteroatoms. The number of aryl methyl sites for hydroxylation is 1. The Morgan fingerprint density at radius 1 is 0.897 bits per heavy atom. The lowest BCUT2D eigenvalue weighted by Crippen LogP contribution is -2.13. The largest absolute Gasteiger partial charge is 0.493 e. The van der Waals surface area contributed by atoms with Gasteiger partial charge in [-0.1, -0.05) is 59.6 Å². The lowest BCUT2D eigenvalue weighted by molar-refractivity contribution is -0.112. The second-order valence-electron chi connectivity index (χ2n) is 8.75. The molecule has 0 fully saturated rings. The van der Waals surface area contributed by atoms with E-state index in [2.05, 4.69) is 11.4 Å². The van der Waals surface area contributed by atoms with Gasteiger partial charge in [-0.05, 0) is 78.2 Å². The number of nitrogens with one attached hydrogen (secondary N) is 1. The number of carbonyl (C=O) groups excluding carboxylic acids is 1. The lowest BCUT2D eigenvalue weighted by atomic mass is 10.1. The number of anilines is 1. The van der Waals surface area contributed by atoms with E-state index in [4.69, 9.17) is 25.8 Å². The number of benzene rings is 4. The van der Waals surface area contributed by atoms with Crippen LogP contribution in [0.15, 0.2) is 96.6 Å². The van der Waals surface area contributed by atoms with Crippen molar-refractivity contribution in [3.05, 3.63) is 124 Å². The molecule has 0 heterocycles. The Hall–Kier alpha value is -4.73. The van der Waals surface area contributed by atoms with Gasteiger partial charge in [0.1, 0.15) is 30.6 Å². The quantitative estimate of drug-likeness (QED) is 0.168. The Morgan fingerprint density at radius 3 is 2.33 bits per heavy atom. The number of hydrogen-bond donors (Lipinski definition) is 1. The van der Waals surface area contributed by atoms with E-state index >= 15 is 0 Å². The van der Waals surface area contributed by atoms with E-state index in [1.165, 1.54) is 6.08 Å². The van der Waals surface area contributed by atoms with Crippen molar-refractivity contribution in [1.82, 2.24) is 0 Å². The van der Waals surface area contributed by atoms with Gasteiger partial charge < -0.3 is 19.5 Å². The summed E-state index contributed by atoms with van der Waals surface area (Å²) in [6, 6.07) is 29.6. The van der Waals surface area contributed by atoms with Gasteiger partial charge in [0, 0.05) is 10.7 Å². The van der Waals surface area contributed by atoms with Crippen molar-refractivity contribution in [3.63, 3.8) is 0 Å². The molecule has 0 aromatic heterocycles. The third-order valence-electron chi connectivity index (χ3n) is 5.77. The minimum atomic E-state index is -0.522. The summed E-state index contributed by atoms with van der Waals surface area (Å²) in [5.41, 5.74) is 4.32. The molecule has 4 aromatic carbocycles. The summed E-state index contributed by atoms with van der Waals surface area (Å²) < 4.78 is 17.2. The third kappa shape index (κ3) is 7.88. The first-order valence-electron chi connectivity index (χ1n) is 12.2. The van der Waals surface area contributed by atoms with E-state index in [1.54, 1.807) is 49.6 Å². The minimum Gasteiger partial charge on any atom is -0.493 e. The first-order chi connectivity index (χ1) is 18.9. The smallest absolute Gasteiger partial charge is 0.266 e. The van der Waals surface area contributed by atoms with Crippen molar-refractivity contribution in [3.8, 4) is 23.3 Å². The number of rotatable bonds is 10. The maximum absolute atomic E-state index is 12.8. The molecule has 0 aliphatic heterocycles. The molecule has 0 saturated heterocycles. The highest BCUT2D eigenvalue weighted by Crippen LogP contribution is 2.30. The van der Waals surface area contributed by atoms with E-state index < -0.39 is 5.91 Å². The predicted molar refractivity (Wildman–Crippen MR) is 153 cm³/mol. The van der Waals surface area contributed by atoms with Crippen molar-refractivity contribution in [2.24, 2.45) is 0 Å². The molecule has 0 aliphatic rings. The molecule has 1 N–H and O–H groups in total. The van der Waals surface area contributed by atoms with Crippen LogP contribution in [0.2, 0.25) is 5.02 Å². The Kier molecular flexibility index (Phi) is 9.23. The standard InChI is InChI=1S/C32H27ClN2O4/c1-22-4-3-5-25(16-22)21-39-30-15-8-24(18-31(30)37-2)17-26(19-34)32(36)35-28-11-13-29(14-12-28)38-20-23-6-9-27(33)10-7-23/h3-18H,20-21H2,1-2H3,(H,35,36)/b26-17+. The monoisotopic (exact) mass is 538 g/mol. The van der Waals surface area contributed by atoms with Crippen LogP contribution in [0, 0.1) is 18.3 Å². The molecule has 0 radical (unpaired) electrons. The van der Waals surface area contributed by atoms with E-state index in [0.29, 0.717) is 46.7 Å². The van der Waals surface area contributed by atoms with Crippen LogP contribution < -0.4 is 19.5 Å². The van der Waals surface area contributed by atoms with Crippen LogP contribution in [0.1, 0.15) is 22.3 Å². The van der Waals surface area contributed by atoms with Crippen LogP contribution in [0.5, 0.6) is 17.2 Å². The minimum absolute atomic E-state index is 0.0476. The maximum Gasteiger partial charge on any atom is 0.266 e. The lowest BCUT2D eigenvalue weighted by Gasteiger charge is -2.12. The SMILES string of the molecule is COc1cc(/C=C(\C#N)C(=O)Nc2ccc(OCc3ccc(Cl)cc3)cc2)ccc1OCc1cccc(C)c1. The summed E-state index contributed by atoms with van der Waals surface area (Å²) in [4.78, 5) is 12.8. The van der Waals surface area contributed by atoms with E-state index in [-0.39, 0.29) is 5.57 Å². The fourth-order valence-corrected chi connectivity index (χ4v) is 3.88. The molecule has 4 aromatic rings. The zero-order valence-electron chi connectivity index (χ0n) is 21.6. The van der Waals surface area contributed by atoms with Gasteiger partial charge in [-0.25, -0.2) is 0 Å². The summed E-state index contributed by atoms with van der Waals surface area (Å²) >= 11 is 5.91. The number of halogens is 1. The summed E-state index contributed by atoms with van der Waals surface area (Å²) in [7, 11) is 1.54. The molecule has 0 unspecified atom stereocenters. The van der Waals surface area contributed by atoms with Gasteiger partial charge in [-0.3, -0.25) is 4.79 Å². The first-order valence-corrected chi connectivity index (χ1v) is 12.6. The van der Waals surface area contributed by atoms with Crippen LogP contribution in [-0.4, -0.2) is 13.0 Å². The van der Waals surface area contributed by atoms with Crippen molar-refractivity contribution < 1.29 is 19.0 Å². The topological polar surface area (TPSA) is 80.6 Å². The van der Waals surface area contributed by atoms with E-state index in [9.17, 15) is 10.1 Å². The van der Waals surface area contributed by atoms with Crippen LogP contribution >= 0.6 is 11.6 Å². The third-order valence-corrected chi connectivity index (χ3v) is 6.02. The number of carbonyl (C=O) groups is 1. The first kappa shape index (κ1) is 27.3. The van der Waals surface area contributed by atoms with Crippen LogP contribution in [0.25, 0.3) is 6.08 Å². The zero-order chi connectivity index (χ0) is 27.6. The fourth-order valence-electron chi connectivity index (χ4n) is 3.75. The highest BCUT2D eigenvalue weighted by molar-refractivity contribution is 6.30. The number of ether oxygens (including phenoxy) is 3. The highest BCUT2D eigenvalue weighted by Gasteiger charge is 2.12. The molecule has 6 nitrogen and oxygen atoms in total. The molecular formula is C32H27ClN2O4. The highest BCUT2D eigenvalue weighted by atomic mass is 35.5. The van der Waals surface area contributed by atoms with Crippen molar-refractivity contribution in [1.29, 1.82) is 5.26 Å². The zero-order valence-corrected chi connectivity index (χ0v) is 22.4. The Bertz CT molecular complexity index is 1510. The average Bonchev–Trinajstić information content (AvgIpc) is 2.95. The average molecular weight is 539 g/mol. The Labute approximate surface area is 233 Å². The second kappa shape index (κ2) is 13.2. The van der Waals surface area contributed by atoms with Gasteiger partial charge in [-0.2, -0.15) is 5.26 Å². The van der Waals surface area contributed by atoms with Crippen LogP contribution in [-0.2, 0) is 18.0 Å². The van der Waals surface area contributed by atoms with Gasteiger partial charge in [0.2, 0.25) is 0 Å². The van der Waals surface area contributed by atoms with E-state index in [1.807, 2.05) is 55.5 Å². The molecule has 39 heavy (non-hydrogen) atoms. The van der Waals surface area contributed by atoms with Gasteiger partial charge in [-0.15, -0.1) is 0 Å². The van der Waals surface area contributed by atoms with Crippen molar-refractivity contribution >= 4 is 29.3 Å². The molecule has 0 aliphatic carbocycles. The molecule has 196 valence electrons. The summed E-state index contributed by atoms with van der Waals surface area (Å²) in [5.74, 6) is 1.20. The van der Waals surface area contributed by atoms with Crippen LogP contribution in [0.4, 0.5) is 5.69 Å². The summed E-state index contributed by atoms with van der Waals surface area (Å²) in [6.07, 6.45) is 1.51. The molecule has 1 amide bonds. The van der Waals surface area contributed by atoms with Gasteiger partial charge in [0.25, 0.3) is 5.91 Å². The van der Waals surface area contributed by atoms with Crippen molar-refractivity contribution in [2.45, 2.75) is 20.1 Å². The number of methoxy groups -OCH3 is 1. The van der Waals surface area contributed by atoms with E-state index in [0.717, 1.165) is 16.7 Å².